The van der Waals surface area contributed by atoms with Gasteiger partial charge in [0, 0.05) is 43.1 Å². The summed E-state index contributed by atoms with van der Waals surface area (Å²) in [6.45, 7) is 6.61. The number of rotatable bonds is 4. The van der Waals surface area contributed by atoms with Crippen molar-refractivity contribution in [2.75, 3.05) is 49.7 Å². The number of carbonyl (C=O) groups excluding carboxylic acids is 1. The molecule has 1 N–H and O–H groups in total. The van der Waals surface area contributed by atoms with Crippen LogP contribution in [0.25, 0.3) is 10.9 Å². The van der Waals surface area contributed by atoms with Crippen molar-refractivity contribution in [2.45, 2.75) is 26.3 Å². The number of piperazine rings is 1. The molecule has 2 aliphatic rings. The molecule has 176 valence electrons. The third-order valence-corrected chi connectivity index (χ3v) is 8.53. The number of H-pyrrole nitrogens is 1. The predicted octanol–water partition coefficient (Wildman–Crippen LogP) is 2.31. The summed E-state index contributed by atoms with van der Waals surface area (Å²) in [5.41, 5.74) is 4.42. The summed E-state index contributed by atoms with van der Waals surface area (Å²) in [5.74, 6) is 1.13. The Kier molecular flexibility index (Phi) is 5.35. The van der Waals surface area contributed by atoms with Crippen molar-refractivity contribution in [3.05, 3.63) is 41.3 Å². The molecule has 2 saturated heterocycles. The lowest BCUT2D eigenvalue weighted by atomic mass is 10.2. The molecule has 1 aromatic carbocycles. The lowest BCUT2D eigenvalue weighted by Crippen LogP contribution is -2.49. The molecule has 9 nitrogen and oxygen atoms in total. The highest BCUT2D eigenvalue weighted by Crippen LogP contribution is 2.32. The van der Waals surface area contributed by atoms with E-state index in [1.54, 1.807) is 7.11 Å². The van der Waals surface area contributed by atoms with Crippen molar-refractivity contribution >= 4 is 32.3 Å². The van der Waals surface area contributed by atoms with Crippen LogP contribution in [0.1, 0.15) is 34.3 Å². The molecule has 3 aromatic rings. The fourth-order valence-corrected chi connectivity index (χ4v) is 6.78. The summed E-state index contributed by atoms with van der Waals surface area (Å²) < 4.78 is 31.0. The van der Waals surface area contributed by atoms with Gasteiger partial charge in [-0.3, -0.25) is 9.48 Å². The molecule has 0 saturated carbocycles. The van der Waals surface area contributed by atoms with E-state index >= 15 is 0 Å². The first-order valence-corrected chi connectivity index (χ1v) is 13.0. The molecule has 0 aliphatic carbocycles. The van der Waals surface area contributed by atoms with Gasteiger partial charge in [0.25, 0.3) is 5.91 Å². The predicted molar refractivity (Wildman–Crippen MR) is 127 cm³/mol. The second kappa shape index (κ2) is 8.09. The van der Waals surface area contributed by atoms with Crippen molar-refractivity contribution in [1.82, 2.24) is 19.7 Å². The first-order valence-electron chi connectivity index (χ1n) is 11.2. The molecular weight excluding hydrogens is 442 g/mol. The summed E-state index contributed by atoms with van der Waals surface area (Å²) in [5, 5.41) is 5.67. The number of nitrogens with zero attached hydrogens (tertiary/aromatic N) is 4. The van der Waals surface area contributed by atoms with Crippen molar-refractivity contribution in [3.63, 3.8) is 0 Å². The van der Waals surface area contributed by atoms with Crippen LogP contribution in [-0.2, 0) is 9.84 Å². The Balaban J connectivity index is 1.29. The van der Waals surface area contributed by atoms with Gasteiger partial charge in [0.15, 0.2) is 9.84 Å². The Labute approximate surface area is 193 Å². The van der Waals surface area contributed by atoms with Gasteiger partial charge in [-0.25, -0.2) is 8.42 Å². The first-order chi connectivity index (χ1) is 15.8. The molecule has 2 fully saturated rings. The fourth-order valence-electron chi connectivity index (χ4n) is 5.09. The summed E-state index contributed by atoms with van der Waals surface area (Å²) in [6.07, 6.45) is 0.613. The number of aromatic amines is 1. The Morgan fingerprint density at radius 1 is 1.15 bits per heavy atom. The Morgan fingerprint density at radius 2 is 1.91 bits per heavy atom. The molecule has 33 heavy (non-hydrogen) atoms. The molecule has 0 spiro atoms. The standard InChI is InChI=1S/C23H29N5O4S/c1-15-22(16(2)28(25-15)18-6-11-33(30,31)14-18)26-7-9-27(10-8-26)23(29)21-12-17-4-5-19(32-3)13-20(17)24-21/h4-5,12-13,18,24H,6-11,14H2,1-3H3. The van der Waals surface area contributed by atoms with Gasteiger partial charge in [-0.1, -0.05) is 0 Å². The second-order valence-corrected chi connectivity index (χ2v) is 11.2. The molecule has 0 radical (unpaired) electrons. The van der Waals surface area contributed by atoms with E-state index in [0.717, 1.165) is 33.7 Å². The second-order valence-electron chi connectivity index (χ2n) is 8.94. The molecule has 2 aliphatic heterocycles. The number of ether oxygens (including phenoxy) is 1. The zero-order valence-corrected chi connectivity index (χ0v) is 20.0. The quantitative estimate of drug-likeness (QED) is 0.627. The van der Waals surface area contributed by atoms with E-state index in [0.29, 0.717) is 38.3 Å². The maximum Gasteiger partial charge on any atom is 0.270 e. The summed E-state index contributed by atoms with van der Waals surface area (Å²) in [6, 6.07) is 7.51. The number of aryl methyl sites for hydroxylation is 1. The van der Waals surface area contributed by atoms with Gasteiger partial charge >= 0.3 is 0 Å². The minimum atomic E-state index is -2.97. The smallest absolute Gasteiger partial charge is 0.270 e. The number of anilines is 1. The monoisotopic (exact) mass is 471 g/mol. The molecule has 5 rings (SSSR count). The molecule has 0 bridgehead atoms. The van der Waals surface area contributed by atoms with Crippen LogP contribution in [0.4, 0.5) is 5.69 Å². The van der Waals surface area contributed by atoms with Crippen LogP contribution in [0.3, 0.4) is 0 Å². The Bertz CT molecular complexity index is 1320. The van der Waals surface area contributed by atoms with Crippen molar-refractivity contribution in [2.24, 2.45) is 0 Å². The molecule has 1 unspecified atom stereocenters. The van der Waals surface area contributed by atoms with Crippen molar-refractivity contribution in [3.8, 4) is 5.75 Å². The van der Waals surface area contributed by atoms with Gasteiger partial charge in [0.1, 0.15) is 11.4 Å². The number of methoxy groups -OCH3 is 1. The van der Waals surface area contributed by atoms with Crippen molar-refractivity contribution in [1.29, 1.82) is 0 Å². The highest BCUT2D eigenvalue weighted by molar-refractivity contribution is 7.91. The van der Waals surface area contributed by atoms with Gasteiger partial charge in [0.05, 0.1) is 41.7 Å². The van der Waals surface area contributed by atoms with Gasteiger partial charge in [-0.05, 0) is 38.5 Å². The largest absolute Gasteiger partial charge is 0.497 e. The summed E-state index contributed by atoms with van der Waals surface area (Å²) in [4.78, 5) is 20.5. The molecule has 2 aromatic heterocycles. The van der Waals surface area contributed by atoms with Crippen molar-refractivity contribution < 1.29 is 17.9 Å². The van der Waals surface area contributed by atoms with Crippen LogP contribution >= 0.6 is 0 Å². The zero-order chi connectivity index (χ0) is 23.3. The van der Waals surface area contributed by atoms with E-state index in [-0.39, 0.29) is 23.5 Å². The van der Waals surface area contributed by atoms with E-state index in [9.17, 15) is 13.2 Å². The number of aromatic nitrogens is 3. The van der Waals surface area contributed by atoms with E-state index in [2.05, 4.69) is 15.0 Å². The van der Waals surface area contributed by atoms with Crippen LogP contribution in [-0.4, -0.2) is 78.8 Å². The van der Waals surface area contributed by atoms with E-state index in [1.807, 2.05) is 47.7 Å². The number of amides is 1. The van der Waals surface area contributed by atoms with Crippen LogP contribution in [0.2, 0.25) is 0 Å². The number of fused-ring (bicyclic) bond motifs is 1. The number of sulfone groups is 1. The number of carbonyl (C=O) groups is 1. The van der Waals surface area contributed by atoms with E-state index < -0.39 is 9.84 Å². The number of hydrogen-bond donors (Lipinski definition) is 1. The number of benzene rings is 1. The maximum absolute atomic E-state index is 13.1. The van der Waals surface area contributed by atoms with Crippen LogP contribution in [0.5, 0.6) is 5.75 Å². The van der Waals surface area contributed by atoms with E-state index in [1.165, 1.54) is 0 Å². The van der Waals surface area contributed by atoms with Gasteiger partial charge in [-0.15, -0.1) is 0 Å². The van der Waals surface area contributed by atoms with Gasteiger partial charge < -0.3 is 19.5 Å². The molecule has 1 amide bonds. The van der Waals surface area contributed by atoms with Gasteiger partial charge in [0.2, 0.25) is 0 Å². The third-order valence-electron chi connectivity index (χ3n) is 6.78. The Morgan fingerprint density at radius 3 is 2.58 bits per heavy atom. The first kappa shape index (κ1) is 21.8. The molecule has 4 heterocycles. The summed E-state index contributed by atoms with van der Waals surface area (Å²) >= 11 is 0. The highest BCUT2D eigenvalue weighted by Gasteiger charge is 2.33. The average molecular weight is 472 g/mol. The van der Waals surface area contributed by atoms with Crippen LogP contribution in [0.15, 0.2) is 24.3 Å². The SMILES string of the molecule is COc1ccc2cc(C(=O)N3CCN(c4c(C)nn(C5CCS(=O)(=O)C5)c4C)CC3)[nH]c2c1. The molecule has 10 heteroatoms. The minimum Gasteiger partial charge on any atom is -0.497 e. The maximum atomic E-state index is 13.1. The van der Waals surface area contributed by atoms with E-state index in [4.69, 9.17) is 4.74 Å². The summed E-state index contributed by atoms with van der Waals surface area (Å²) in [7, 11) is -1.35. The average Bonchev–Trinajstić information content (AvgIpc) is 3.47. The topological polar surface area (TPSA) is 101 Å². The highest BCUT2D eigenvalue weighted by atomic mass is 32.2. The lowest BCUT2D eigenvalue weighted by Gasteiger charge is -2.36. The van der Waals surface area contributed by atoms with Gasteiger partial charge in [-0.2, -0.15) is 5.10 Å². The van der Waals surface area contributed by atoms with Crippen LogP contribution in [0, 0.1) is 13.8 Å². The fraction of sp³-hybridized carbons (Fsp3) is 0.478. The minimum absolute atomic E-state index is 0.00915. The third kappa shape index (κ3) is 3.96. The molecular formula is C23H29N5O4S. The lowest BCUT2D eigenvalue weighted by molar-refractivity contribution is 0.0742. The zero-order valence-electron chi connectivity index (χ0n) is 19.2. The van der Waals surface area contributed by atoms with Crippen LogP contribution < -0.4 is 9.64 Å². The number of nitrogens with one attached hydrogen (secondary N) is 1. The Hall–Kier alpha value is -3.01. The normalized spacial score (nSPS) is 20.5. The molecule has 1 atom stereocenters. The number of hydrogen-bond acceptors (Lipinski definition) is 6.